The van der Waals surface area contributed by atoms with Gasteiger partial charge in [0, 0.05) is 12.6 Å². The molecule has 2 aliphatic carbocycles. The topological polar surface area (TPSA) is 39.1 Å². The molecule has 3 nitrogen and oxygen atoms in total. The van der Waals surface area contributed by atoms with Crippen molar-refractivity contribution in [2.24, 2.45) is 17.8 Å². The molecule has 0 radical (unpaired) electrons. The molecule has 0 amide bonds. The molecule has 0 aromatic carbocycles. The molecule has 1 heterocycles. The molecule has 3 fully saturated rings. The molecule has 0 bridgehead atoms. The van der Waals surface area contributed by atoms with Crippen molar-refractivity contribution in [2.45, 2.75) is 64.0 Å². The predicted octanol–water partition coefficient (Wildman–Crippen LogP) is 2.78. The van der Waals surface area contributed by atoms with Gasteiger partial charge in [-0.25, -0.2) is 0 Å². The van der Waals surface area contributed by atoms with Gasteiger partial charge in [-0.05, 0) is 69.4 Å². The van der Waals surface area contributed by atoms with E-state index in [1.54, 1.807) is 0 Å². The summed E-state index contributed by atoms with van der Waals surface area (Å²) in [5, 5.41) is 13.5. The molecule has 1 aliphatic heterocycles. The largest absolute Gasteiger partial charge is 0.300 e. The summed E-state index contributed by atoms with van der Waals surface area (Å²) in [6, 6.07) is 3.31. The van der Waals surface area contributed by atoms with E-state index in [1.807, 2.05) is 0 Å². The number of rotatable bonds is 6. The first-order valence-corrected chi connectivity index (χ1v) is 8.54. The molecule has 1 saturated heterocycles. The second-order valence-electron chi connectivity index (χ2n) is 7.63. The van der Waals surface area contributed by atoms with Crippen LogP contribution in [0, 0.1) is 29.1 Å². The monoisotopic (exact) mass is 275 g/mol. The van der Waals surface area contributed by atoms with Crippen molar-refractivity contribution in [3.8, 4) is 6.07 Å². The standard InChI is InChI=1S/C17H29N3/c1-13(2)14-7-9-20(10-8-14)12-17(11-18,15-3-4-15)19-16-5-6-16/h13-16,19H,3-10,12H2,1-2H3. The van der Waals surface area contributed by atoms with E-state index in [9.17, 15) is 5.26 Å². The Morgan fingerprint density at radius 3 is 2.25 bits per heavy atom. The van der Waals surface area contributed by atoms with Gasteiger partial charge in [-0.1, -0.05) is 13.8 Å². The van der Waals surface area contributed by atoms with Crippen LogP contribution in [0.5, 0.6) is 0 Å². The second-order valence-corrected chi connectivity index (χ2v) is 7.63. The number of piperidine rings is 1. The lowest BCUT2D eigenvalue weighted by molar-refractivity contribution is 0.124. The normalized spacial score (nSPS) is 28.3. The van der Waals surface area contributed by atoms with Gasteiger partial charge in [0.2, 0.25) is 0 Å². The van der Waals surface area contributed by atoms with E-state index < -0.39 is 0 Å². The number of nitrogens with zero attached hydrogens (tertiary/aromatic N) is 2. The van der Waals surface area contributed by atoms with Crippen LogP contribution in [-0.2, 0) is 0 Å². The highest BCUT2D eigenvalue weighted by Gasteiger charge is 2.49. The maximum atomic E-state index is 9.80. The van der Waals surface area contributed by atoms with E-state index in [2.05, 4.69) is 30.1 Å². The number of nitrogens with one attached hydrogen (secondary N) is 1. The maximum absolute atomic E-state index is 9.80. The van der Waals surface area contributed by atoms with Crippen LogP contribution >= 0.6 is 0 Å². The molecule has 3 rings (SSSR count). The van der Waals surface area contributed by atoms with Crippen LogP contribution in [0.2, 0.25) is 0 Å². The Kier molecular flexibility index (Phi) is 4.06. The Bertz CT molecular complexity index is 370. The van der Waals surface area contributed by atoms with Crippen molar-refractivity contribution >= 4 is 0 Å². The van der Waals surface area contributed by atoms with Crippen LogP contribution in [-0.4, -0.2) is 36.1 Å². The van der Waals surface area contributed by atoms with Gasteiger partial charge < -0.3 is 4.90 Å². The molecule has 0 spiro atoms. The third-order valence-electron chi connectivity index (χ3n) is 5.56. The molecular formula is C17H29N3. The van der Waals surface area contributed by atoms with Crippen molar-refractivity contribution in [3.05, 3.63) is 0 Å². The average molecular weight is 275 g/mol. The Labute approximate surface area is 123 Å². The Hall–Kier alpha value is -0.590. The van der Waals surface area contributed by atoms with Crippen LogP contribution in [0.15, 0.2) is 0 Å². The zero-order valence-corrected chi connectivity index (χ0v) is 13.1. The van der Waals surface area contributed by atoms with E-state index in [4.69, 9.17) is 0 Å². The first-order chi connectivity index (χ1) is 9.63. The number of nitriles is 1. The van der Waals surface area contributed by atoms with Gasteiger partial charge in [0.25, 0.3) is 0 Å². The van der Waals surface area contributed by atoms with Gasteiger partial charge in [-0.15, -0.1) is 0 Å². The fourth-order valence-electron chi connectivity index (χ4n) is 3.75. The summed E-state index contributed by atoms with van der Waals surface area (Å²) in [6.07, 6.45) is 7.66. The molecule has 3 heteroatoms. The molecular weight excluding hydrogens is 246 g/mol. The van der Waals surface area contributed by atoms with Crippen LogP contribution in [0.4, 0.5) is 0 Å². The minimum Gasteiger partial charge on any atom is -0.300 e. The Morgan fingerprint density at radius 2 is 1.80 bits per heavy atom. The molecule has 1 N–H and O–H groups in total. The summed E-state index contributed by atoms with van der Waals surface area (Å²) in [6.45, 7) is 8.02. The number of hydrogen-bond donors (Lipinski definition) is 1. The van der Waals surface area contributed by atoms with Gasteiger partial charge in [-0.3, -0.25) is 5.32 Å². The summed E-state index contributed by atoms with van der Waals surface area (Å²) >= 11 is 0. The number of hydrogen-bond acceptors (Lipinski definition) is 3. The third kappa shape index (κ3) is 3.18. The van der Waals surface area contributed by atoms with E-state index in [-0.39, 0.29) is 5.54 Å². The highest BCUT2D eigenvalue weighted by molar-refractivity contribution is 5.18. The van der Waals surface area contributed by atoms with Crippen LogP contribution in [0.3, 0.4) is 0 Å². The Balaban J connectivity index is 1.58. The molecule has 2 saturated carbocycles. The molecule has 0 aromatic rings. The quantitative estimate of drug-likeness (QED) is 0.810. The predicted molar refractivity (Wildman–Crippen MR) is 81.2 cm³/mol. The molecule has 20 heavy (non-hydrogen) atoms. The minimum atomic E-state index is -0.244. The highest BCUT2D eigenvalue weighted by Crippen LogP contribution is 2.42. The van der Waals surface area contributed by atoms with Crippen molar-refractivity contribution < 1.29 is 0 Å². The smallest absolute Gasteiger partial charge is 0.122 e. The van der Waals surface area contributed by atoms with Crippen molar-refractivity contribution in [3.63, 3.8) is 0 Å². The second kappa shape index (κ2) is 5.66. The van der Waals surface area contributed by atoms with Gasteiger partial charge >= 0.3 is 0 Å². The fourth-order valence-corrected chi connectivity index (χ4v) is 3.75. The zero-order valence-electron chi connectivity index (χ0n) is 13.1. The highest BCUT2D eigenvalue weighted by atomic mass is 15.2. The van der Waals surface area contributed by atoms with E-state index in [0.717, 1.165) is 18.4 Å². The molecule has 1 unspecified atom stereocenters. The lowest BCUT2D eigenvalue weighted by atomic mass is 9.85. The van der Waals surface area contributed by atoms with Crippen LogP contribution in [0.1, 0.15) is 52.4 Å². The summed E-state index contributed by atoms with van der Waals surface area (Å²) < 4.78 is 0. The van der Waals surface area contributed by atoms with Gasteiger partial charge in [0.1, 0.15) is 5.54 Å². The van der Waals surface area contributed by atoms with Gasteiger partial charge in [0.15, 0.2) is 0 Å². The van der Waals surface area contributed by atoms with Crippen LogP contribution in [0.25, 0.3) is 0 Å². The summed E-state index contributed by atoms with van der Waals surface area (Å²) in [4.78, 5) is 2.55. The zero-order chi connectivity index (χ0) is 14.2. The first-order valence-electron chi connectivity index (χ1n) is 8.54. The maximum Gasteiger partial charge on any atom is 0.122 e. The molecule has 112 valence electrons. The van der Waals surface area contributed by atoms with Gasteiger partial charge in [0.05, 0.1) is 6.07 Å². The van der Waals surface area contributed by atoms with Crippen molar-refractivity contribution in [1.29, 1.82) is 5.26 Å². The SMILES string of the molecule is CC(C)C1CCN(CC(C#N)(NC2CC2)C2CC2)CC1. The summed E-state index contributed by atoms with van der Waals surface area (Å²) in [7, 11) is 0. The Morgan fingerprint density at radius 1 is 1.15 bits per heavy atom. The molecule has 3 aliphatic rings. The van der Waals surface area contributed by atoms with Gasteiger partial charge in [-0.2, -0.15) is 5.26 Å². The number of likely N-dealkylation sites (tertiary alicyclic amines) is 1. The fraction of sp³-hybridized carbons (Fsp3) is 0.941. The van der Waals surface area contributed by atoms with E-state index in [1.165, 1.54) is 51.6 Å². The minimum absolute atomic E-state index is 0.244. The lowest BCUT2D eigenvalue weighted by Crippen LogP contribution is -2.56. The van der Waals surface area contributed by atoms with E-state index in [0.29, 0.717) is 12.0 Å². The summed E-state index contributed by atoms with van der Waals surface area (Å²) in [5.41, 5.74) is -0.244. The van der Waals surface area contributed by atoms with Crippen molar-refractivity contribution in [1.82, 2.24) is 10.2 Å². The first kappa shape index (κ1) is 14.4. The molecule has 0 aromatic heterocycles. The average Bonchev–Trinajstić information content (AvgIpc) is 3.31. The lowest BCUT2D eigenvalue weighted by Gasteiger charge is -2.39. The molecule has 1 atom stereocenters. The van der Waals surface area contributed by atoms with Crippen LogP contribution < -0.4 is 5.32 Å². The third-order valence-corrected chi connectivity index (χ3v) is 5.56. The summed E-state index contributed by atoms with van der Waals surface area (Å²) in [5.74, 6) is 2.31. The van der Waals surface area contributed by atoms with E-state index >= 15 is 0 Å². The van der Waals surface area contributed by atoms with Crippen molar-refractivity contribution in [2.75, 3.05) is 19.6 Å².